The van der Waals surface area contributed by atoms with Crippen LogP contribution in [0.3, 0.4) is 0 Å². The second-order valence-corrected chi connectivity index (χ2v) is 5.22. The quantitative estimate of drug-likeness (QED) is 0.735. The first kappa shape index (κ1) is 11.5. The van der Waals surface area contributed by atoms with Crippen molar-refractivity contribution in [3.05, 3.63) is 0 Å². The van der Waals surface area contributed by atoms with Crippen molar-refractivity contribution in [2.45, 2.75) is 46.5 Å². The normalized spacial score (nSPS) is 18.4. The van der Waals surface area contributed by atoms with Crippen LogP contribution in [0.25, 0.3) is 0 Å². The van der Waals surface area contributed by atoms with Gasteiger partial charge in [0.05, 0.1) is 0 Å². The van der Waals surface area contributed by atoms with Gasteiger partial charge in [-0.1, -0.05) is 20.8 Å². The van der Waals surface area contributed by atoms with E-state index in [1.54, 1.807) is 5.01 Å². The summed E-state index contributed by atoms with van der Waals surface area (Å²) in [5.74, 6) is 0.250. The van der Waals surface area contributed by atoms with E-state index in [4.69, 9.17) is 0 Å². The van der Waals surface area contributed by atoms with Gasteiger partial charge in [-0.3, -0.25) is 9.80 Å². The van der Waals surface area contributed by atoms with E-state index in [0.29, 0.717) is 6.42 Å². The smallest absolute Gasteiger partial charge is 0.236 e. The average molecular weight is 198 g/mol. The molecule has 1 N–H and O–H groups in total. The molecule has 1 amide bonds. The van der Waals surface area contributed by atoms with Crippen LogP contribution in [0.5, 0.6) is 0 Å². The number of hydrogen-bond donors (Lipinski definition) is 1. The fourth-order valence-electron chi connectivity index (χ4n) is 1.52. The van der Waals surface area contributed by atoms with E-state index < -0.39 is 0 Å². The van der Waals surface area contributed by atoms with Gasteiger partial charge in [0.1, 0.15) is 0 Å². The molecule has 1 aliphatic rings. The van der Waals surface area contributed by atoms with E-state index in [0.717, 1.165) is 25.9 Å². The molecule has 3 heteroatoms. The summed E-state index contributed by atoms with van der Waals surface area (Å²) in [5.41, 5.74) is 3.39. The van der Waals surface area contributed by atoms with Crippen LogP contribution in [-0.4, -0.2) is 24.0 Å². The second-order valence-electron chi connectivity index (χ2n) is 5.22. The number of rotatable bonds is 2. The lowest BCUT2D eigenvalue weighted by Crippen LogP contribution is -2.47. The molecule has 0 radical (unpaired) electrons. The summed E-state index contributed by atoms with van der Waals surface area (Å²) in [6, 6.07) is 0. The van der Waals surface area contributed by atoms with Crippen molar-refractivity contribution in [1.82, 2.24) is 10.4 Å². The largest absolute Gasteiger partial charge is 0.278 e. The first-order valence-electron chi connectivity index (χ1n) is 5.53. The Morgan fingerprint density at radius 3 is 2.57 bits per heavy atom. The van der Waals surface area contributed by atoms with Crippen molar-refractivity contribution in [3.63, 3.8) is 0 Å². The molecule has 0 unspecified atom stereocenters. The van der Waals surface area contributed by atoms with E-state index in [1.165, 1.54) is 6.42 Å². The molecule has 0 aliphatic carbocycles. The molecule has 0 aromatic carbocycles. The van der Waals surface area contributed by atoms with Crippen molar-refractivity contribution >= 4 is 5.91 Å². The summed E-state index contributed by atoms with van der Waals surface area (Å²) in [4.78, 5) is 11.7. The van der Waals surface area contributed by atoms with Gasteiger partial charge < -0.3 is 0 Å². The van der Waals surface area contributed by atoms with Crippen LogP contribution in [0, 0.1) is 5.41 Å². The van der Waals surface area contributed by atoms with Gasteiger partial charge in [-0.2, -0.15) is 0 Å². The van der Waals surface area contributed by atoms with Crippen LogP contribution >= 0.6 is 0 Å². The lowest BCUT2D eigenvalue weighted by Gasteiger charge is -2.28. The SMILES string of the molecule is CC(C)(C)CCC(=O)N1CCCCN1. The molecule has 0 atom stereocenters. The van der Waals surface area contributed by atoms with Gasteiger partial charge in [0.25, 0.3) is 0 Å². The molecule has 1 heterocycles. The molecule has 0 aromatic heterocycles. The lowest BCUT2D eigenvalue weighted by atomic mass is 9.90. The highest BCUT2D eigenvalue weighted by atomic mass is 16.2. The highest BCUT2D eigenvalue weighted by molar-refractivity contribution is 5.75. The van der Waals surface area contributed by atoms with E-state index in [-0.39, 0.29) is 11.3 Å². The molecule has 0 aromatic rings. The minimum atomic E-state index is 0.250. The Hall–Kier alpha value is -0.570. The Kier molecular flexibility index (Phi) is 3.93. The van der Waals surface area contributed by atoms with Gasteiger partial charge in [-0.05, 0) is 24.7 Å². The van der Waals surface area contributed by atoms with Gasteiger partial charge in [-0.15, -0.1) is 0 Å². The van der Waals surface area contributed by atoms with Gasteiger partial charge >= 0.3 is 0 Å². The summed E-state index contributed by atoms with van der Waals surface area (Å²) >= 11 is 0. The molecule has 1 rings (SSSR count). The van der Waals surface area contributed by atoms with Crippen LogP contribution < -0.4 is 5.43 Å². The summed E-state index contributed by atoms with van der Waals surface area (Å²) in [7, 11) is 0. The summed E-state index contributed by atoms with van der Waals surface area (Å²) < 4.78 is 0. The zero-order valence-corrected chi connectivity index (χ0v) is 9.60. The second kappa shape index (κ2) is 4.78. The first-order valence-corrected chi connectivity index (χ1v) is 5.53. The van der Waals surface area contributed by atoms with Gasteiger partial charge in [0.2, 0.25) is 5.91 Å². The summed E-state index contributed by atoms with van der Waals surface area (Å²) in [6.07, 6.45) is 3.94. The van der Waals surface area contributed by atoms with Crippen LogP contribution in [0.2, 0.25) is 0 Å². The van der Waals surface area contributed by atoms with E-state index in [1.807, 2.05) is 0 Å². The van der Waals surface area contributed by atoms with Gasteiger partial charge in [-0.25, -0.2) is 5.43 Å². The third-order valence-electron chi connectivity index (χ3n) is 2.50. The average Bonchev–Trinajstić information content (AvgIpc) is 2.14. The number of nitrogens with zero attached hydrogens (tertiary/aromatic N) is 1. The predicted molar refractivity (Wildman–Crippen MR) is 57.6 cm³/mol. The molecule has 1 aliphatic heterocycles. The molecule has 0 saturated carbocycles. The van der Waals surface area contributed by atoms with Gasteiger partial charge in [0, 0.05) is 19.5 Å². The molecule has 0 bridgehead atoms. The van der Waals surface area contributed by atoms with Crippen molar-refractivity contribution in [1.29, 1.82) is 0 Å². The van der Waals surface area contributed by atoms with E-state index in [2.05, 4.69) is 26.2 Å². The highest BCUT2D eigenvalue weighted by Gasteiger charge is 2.18. The lowest BCUT2D eigenvalue weighted by molar-refractivity contribution is -0.136. The van der Waals surface area contributed by atoms with Crippen LogP contribution in [0.1, 0.15) is 46.5 Å². The van der Waals surface area contributed by atoms with Crippen LogP contribution in [0.15, 0.2) is 0 Å². The third kappa shape index (κ3) is 4.09. The number of amides is 1. The minimum Gasteiger partial charge on any atom is -0.278 e. The Bertz CT molecular complexity index is 190. The van der Waals surface area contributed by atoms with Crippen molar-refractivity contribution in [3.8, 4) is 0 Å². The number of nitrogens with one attached hydrogen (secondary N) is 1. The first-order chi connectivity index (χ1) is 6.49. The Morgan fingerprint density at radius 2 is 2.07 bits per heavy atom. The van der Waals surface area contributed by atoms with Gasteiger partial charge in [0.15, 0.2) is 0 Å². The molecule has 1 saturated heterocycles. The topological polar surface area (TPSA) is 32.3 Å². The maximum absolute atomic E-state index is 11.7. The van der Waals surface area contributed by atoms with Crippen molar-refractivity contribution in [2.24, 2.45) is 5.41 Å². The number of carbonyl (C=O) groups excluding carboxylic acids is 1. The molecule has 0 spiro atoms. The van der Waals surface area contributed by atoms with Crippen molar-refractivity contribution < 1.29 is 4.79 Å². The highest BCUT2D eigenvalue weighted by Crippen LogP contribution is 2.21. The monoisotopic (exact) mass is 198 g/mol. The van der Waals surface area contributed by atoms with E-state index >= 15 is 0 Å². The number of hydrazine groups is 1. The van der Waals surface area contributed by atoms with Crippen LogP contribution in [0.4, 0.5) is 0 Å². The number of carbonyl (C=O) groups is 1. The Balaban J connectivity index is 2.27. The molecular formula is C11H22N2O. The summed E-state index contributed by atoms with van der Waals surface area (Å²) in [6.45, 7) is 8.34. The fourth-order valence-corrected chi connectivity index (χ4v) is 1.52. The molecular weight excluding hydrogens is 176 g/mol. The standard InChI is InChI=1S/C11H22N2O/c1-11(2,3)7-6-10(14)13-9-5-4-8-12-13/h12H,4-9H2,1-3H3. The Labute approximate surface area is 86.8 Å². The molecule has 14 heavy (non-hydrogen) atoms. The third-order valence-corrected chi connectivity index (χ3v) is 2.50. The molecule has 82 valence electrons. The zero-order chi connectivity index (χ0) is 10.6. The molecule has 3 nitrogen and oxygen atoms in total. The number of hydrogen-bond acceptors (Lipinski definition) is 2. The Morgan fingerprint density at radius 1 is 1.36 bits per heavy atom. The minimum absolute atomic E-state index is 0.250. The maximum Gasteiger partial charge on any atom is 0.236 e. The fraction of sp³-hybridized carbons (Fsp3) is 0.909. The van der Waals surface area contributed by atoms with Crippen molar-refractivity contribution in [2.75, 3.05) is 13.1 Å². The maximum atomic E-state index is 11.7. The molecule has 1 fully saturated rings. The van der Waals surface area contributed by atoms with E-state index in [9.17, 15) is 4.79 Å². The van der Waals surface area contributed by atoms with Crippen LogP contribution in [-0.2, 0) is 4.79 Å². The predicted octanol–water partition coefficient (Wildman–Crippen LogP) is 1.94. The summed E-state index contributed by atoms with van der Waals surface area (Å²) in [5, 5.41) is 1.79. The zero-order valence-electron chi connectivity index (χ0n) is 9.60.